The van der Waals surface area contributed by atoms with E-state index in [1.807, 2.05) is 35.6 Å². The number of benzene rings is 2. The predicted octanol–water partition coefficient (Wildman–Crippen LogP) is 5.05. The van der Waals surface area contributed by atoms with E-state index in [4.69, 9.17) is 5.73 Å². The summed E-state index contributed by atoms with van der Waals surface area (Å²) >= 11 is 0. The molecule has 0 saturated heterocycles. The smallest absolute Gasteiger partial charge is 0.344 e. The zero-order valence-corrected chi connectivity index (χ0v) is 26.2. The van der Waals surface area contributed by atoms with Crippen LogP contribution >= 0.6 is 0 Å². The summed E-state index contributed by atoms with van der Waals surface area (Å²) in [6.45, 7) is 3.14. The number of aromatic amines is 1. The Kier molecular flexibility index (Phi) is 10.2. The molecule has 47 heavy (non-hydrogen) atoms. The lowest BCUT2D eigenvalue weighted by atomic mass is 9.81. The van der Waals surface area contributed by atoms with Crippen LogP contribution in [0.5, 0.6) is 0 Å². The Morgan fingerprint density at radius 1 is 1.00 bits per heavy atom. The van der Waals surface area contributed by atoms with Crippen LogP contribution in [0.3, 0.4) is 0 Å². The molecular formula is C34H38F3N7O3. The highest BCUT2D eigenvalue weighted by Gasteiger charge is 2.37. The number of anilines is 1. The van der Waals surface area contributed by atoms with E-state index in [1.54, 1.807) is 31.3 Å². The molecule has 2 aromatic heterocycles. The summed E-state index contributed by atoms with van der Waals surface area (Å²) in [5.74, 6) is -1.20. The molecule has 1 aliphatic rings. The van der Waals surface area contributed by atoms with Crippen LogP contribution in [0.4, 0.5) is 18.9 Å². The van der Waals surface area contributed by atoms with E-state index in [1.165, 1.54) is 6.07 Å². The highest BCUT2D eigenvalue weighted by molar-refractivity contribution is 5.99. The number of carbonyl (C=O) groups is 3. The Bertz CT molecular complexity index is 1730. The van der Waals surface area contributed by atoms with E-state index >= 15 is 0 Å². The van der Waals surface area contributed by atoms with E-state index < -0.39 is 24.2 Å². The quantitative estimate of drug-likeness (QED) is 0.162. The highest BCUT2D eigenvalue weighted by Crippen LogP contribution is 2.29. The normalized spacial score (nSPS) is 17.9. The molecule has 0 bridgehead atoms. The molecule has 248 valence electrons. The van der Waals surface area contributed by atoms with Gasteiger partial charge in [0.2, 0.25) is 11.8 Å². The molecular weight excluding hydrogens is 611 g/mol. The first-order valence-electron chi connectivity index (χ1n) is 15.6. The number of amides is 3. The highest BCUT2D eigenvalue weighted by atomic mass is 19.4. The minimum atomic E-state index is -4.56. The molecule has 2 heterocycles. The molecule has 4 aromatic rings. The first-order chi connectivity index (χ1) is 22.4. The maximum Gasteiger partial charge on any atom is 0.408 e. The molecule has 1 fully saturated rings. The van der Waals surface area contributed by atoms with Gasteiger partial charge in [0.1, 0.15) is 17.8 Å². The molecule has 0 radical (unpaired) electrons. The lowest BCUT2D eigenvalue weighted by molar-refractivity contribution is -0.149. The van der Waals surface area contributed by atoms with Gasteiger partial charge in [-0.15, -0.1) is 0 Å². The van der Waals surface area contributed by atoms with Crippen molar-refractivity contribution >= 4 is 34.3 Å². The van der Waals surface area contributed by atoms with Gasteiger partial charge in [0, 0.05) is 34.7 Å². The second-order valence-electron chi connectivity index (χ2n) is 12.1. The maximum atomic E-state index is 13.6. The van der Waals surface area contributed by atoms with E-state index in [0.29, 0.717) is 29.4 Å². The maximum absolute atomic E-state index is 13.6. The van der Waals surface area contributed by atoms with Crippen LogP contribution in [0.25, 0.3) is 22.0 Å². The number of carbonyl (C=O) groups excluding carboxylic acids is 3. The number of halogens is 3. The molecule has 6 N–H and O–H groups in total. The third-order valence-corrected chi connectivity index (χ3v) is 8.76. The number of rotatable bonds is 10. The fourth-order valence-electron chi connectivity index (χ4n) is 5.80. The van der Waals surface area contributed by atoms with Crippen molar-refractivity contribution in [3.8, 4) is 11.1 Å². The Balaban J connectivity index is 1.30. The number of nitrogens with one attached hydrogen (secondary N) is 4. The zero-order chi connectivity index (χ0) is 33.7. The fourth-order valence-corrected chi connectivity index (χ4v) is 5.80. The van der Waals surface area contributed by atoms with Crippen molar-refractivity contribution < 1.29 is 27.6 Å². The molecule has 10 nitrogen and oxygen atoms in total. The minimum absolute atomic E-state index is 0.119. The SMILES string of the molecule is Cc1nc(C(=O)NC(C)C(F)(F)F)ccc1-c1ccc(C[C@H](NC(=O)[C@H]2CC[C@H](CN)CC2)C(=O)Nc2ccc3cn[nH]c3c2)cc1. The second kappa shape index (κ2) is 14.3. The minimum Gasteiger partial charge on any atom is -0.344 e. The molecule has 2 atom stereocenters. The number of alkyl halides is 3. The van der Waals surface area contributed by atoms with Gasteiger partial charge in [-0.05, 0) is 87.4 Å². The average Bonchev–Trinajstić information content (AvgIpc) is 3.52. The van der Waals surface area contributed by atoms with Crippen LogP contribution in [0, 0.1) is 18.8 Å². The number of aromatic nitrogens is 3. The molecule has 0 aliphatic heterocycles. The van der Waals surface area contributed by atoms with Crippen molar-refractivity contribution in [3.63, 3.8) is 0 Å². The number of nitrogens with two attached hydrogens (primary N) is 1. The molecule has 1 unspecified atom stereocenters. The van der Waals surface area contributed by atoms with Crippen LogP contribution in [0.15, 0.2) is 60.8 Å². The summed E-state index contributed by atoms with van der Waals surface area (Å²) in [5.41, 5.74) is 9.77. The predicted molar refractivity (Wildman–Crippen MR) is 172 cm³/mol. The third kappa shape index (κ3) is 8.33. The number of hydrogen-bond donors (Lipinski definition) is 5. The van der Waals surface area contributed by atoms with Crippen molar-refractivity contribution in [1.29, 1.82) is 0 Å². The van der Waals surface area contributed by atoms with Crippen molar-refractivity contribution in [1.82, 2.24) is 25.8 Å². The zero-order valence-electron chi connectivity index (χ0n) is 26.2. The standard InChI is InChI=1S/C34H38F3N7O3/c1-19-27(13-14-28(40-19)32(46)41-20(2)34(35,36)37)23-7-3-21(4-8-23)15-30(43-31(45)24-9-5-22(17-38)6-10-24)33(47)42-26-12-11-25-18-39-44-29(25)16-26/h3-4,7-8,11-14,16,18,20,22,24,30H,5-6,9-10,15,17,38H2,1-2H3,(H,39,44)(H,41,46)(H,42,47)(H,43,45)/t20?,22-,24-,30-/m0/s1. The van der Waals surface area contributed by atoms with Crippen molar-refractivity contribution in [3.05, 3.63) is 77.7 Å². The topological polar surface area (TPSA) is 155 Å². The second-order valence-corrected chi connectivity index (χ2v) is 12.1. The van der Waals surface area contributed by atoms with Crippen LogP contribution in [-0.2, 0) is 16.0 Å². The molecule has 1 saturated carbocycles. The van der Waals surface area contributed by atoms with Gasteiger partial charge in [-0.2, -0.15) is 18.3 Å². The molecule has 13 heteroatoms. The number of nitrogens with zero attached hydrogens (tertiary/aromatic N) is 2. The largest absolute Gasteiger partial charge is 0.408 e. The Hall–Kier alpha value is -4.78. The lowest BCUT2D eigenvalue weighted by Gasteiger charge is -2.28. The number of H-pyrrole nitrogens is 1. The lowest BCUT2D eigenvalue weighted by Crippen LogP contribution is -2.48. The van der Waals surface area contributed by atoms with Crippen LogP contribution < -0.4 is 21.7 Å². The summed E-state index contributed by atoms with van der Waals surface area (Å²) in [5, 5.41) is 15.6. The van der Waals surface area contributed by atoms with Gasteiger partial charge >= 0.3 is 6.18 Å². The summed E-state index contributed by atoms with van der Waals surface area (Å²) in [7, 11) is 0. The van der Waals surface area contributed by atoms with Gasteiger partial charge in [0.15, 0.2) is 0 Å². The van der Waals surface area contributed by atoms with Gasteiger partial charge in [0.05, 0.1) is 11.7 Å². The number of pyridine rings is 1. The van der Waals surface area contributed by atoms with Crippen LogP contribution in [-0.4, -0.2) is 57.7 Å². The summed E-state index contributed by atoms with van der Waals surface area (Å²) < 4.78 is 38.6. The Morgan fingerprint density at radius 2 is 1.72 bits per heavy atom. The van der Waals surface area contributed by atoms with E-state index in [-0.39, 0.29) is 29.8 Å². The van der Waals surface area contributed by atoms with E-state index in [9.17, 15) is 27.6 Å². The number of hydrogen-bond acceptors (Lipinski definition) is 6. The molecule has 0 spiro atoms. The van der Waals surface area contributed by atoms with Gasteiger partial charge < -0.3 is 21.7 Å². The van der Waals surface area contributed by atoms with Crippen LogP contribution in [0.1, 0.15) is 54.4 Å². The first-order valence-corrected chi connectivity index (χ1v) is 15.6. The Morgan fingerprint density at radius 3 is 2.38 bits per heavy atom. The van der Waals surface area contributed by atoms with Crippen molar-refractivity contribution in [2.45, 2.75) is 64.2 Å². The number of aryl methyl sites for hydroxylation is 1. The molecule has 3 amide bonds. The van der Waals surface area contributed by atoms with Gasteiger partial charge in [-0.1, -0.05) is 30.3 Å². The fraction of sp³-hybridized carbons (Fsp3) is 0.382. The monoisotopic (exact) mass is 649 g/mol. The molecule has 5 rings (SSSR count). The summed E-state index contributed by atoms with van der Waals surface area (Å²) in [4.78, 5) is 43.5. The van der Waals surface area contributed by atoms with E-state index in [0.717, 1.165) is 54.6 Å². The van der Waals surface area contributed by atoms with Gasteiger partial charge in [0.25, 0.3) is 5.91 Å². The van der Waals surface area contributed by atoms with Crippen molar-refractivity contribution in [2.24, 2.45) is 17.6 Å². The average molecular weight is 650 g/mol. The van der Waals surface area contributed by atoms with E-state index in [2.05, 4.69) is 25.8 Å². The molecule has 2 aromatic carbocycles. The third-order valence-electron chi connectivity index (χ3n) is 8.76. The summed E-state index contributed by atoms with van der Waals surface area (Å²) in [6, 6.07) is 12.9. The first kappa shape index (κ1) is 33.6. The van der Waals surface area contributed by atoms with Gasteiger partial charge in [-0.25, -0.2) is 4.98 Å². The van der Waals surface area contributed by atoms with Gasteiger partial charge in [-0.3, -0.25) is 19.5 Å². The molecule has 1 aliphatic carbocycles. The Labute approximate surface area is 270 Å². The summed E-state index contributed by atoms with van der Waals surface area (Å²) in [6.07, 6.45) is 0.566. The van der Waals surface area contributed by atoms with Crippen molar-refractivity contribution in [2.75, 3.05) is 11.9 Å². The number of fused-ring (bicyclic) bond motifs is 1. The van der Waals surface area contributed by atoms with Crippen LogP contribution in [0.2, 0.25) is 0 Å².